The third-order valence-electron chi connectivity index (χ3n) is 7.40. The summed E-state index contributed by atoms with van der Waals surface area (Å²) in [6, 6.07) is 3.81. The van der Waals surface area contributed by atoms with E-state index >= 15 is 0 Å². The molecular weight excluding hydrogens is 562 g/mol. The van der Waals surface area contributed by atoms with E-state index in [1.54, 1.807) is 19.1 Å². The largest absolute Gasteiger partial charge is 0.480 e. The lowest BCUT2D eigenvalue weighted by Gasteiger charge is -2.35. The molecule has 0 saturated carbocycles. The number of carbonyl (C=O) groups is 3. The Hall–Kier alpha value is -3.07. The van der Waals surface area contributed by atoms with Gasteiger partial charge in [0.05, 0.1) is 27.9 Å². The van der Waals surface area contributed by atoms with Crippen molar-refractivity contribution in [2.75, 3.05) is 31.1 Å². The van der Waals surface area contributed by atoms with Gasteiger partial charge in [0, 0.05) is 13.1 Å². The van der Waals surface area contributed by atoms with Crippen LogP contribution in [0.4, 0.5) is 4.79 Å². The van der Waals surface area contributed by atoms with E-state index in [4.69, 9.17) is 4.74 Å². The molecule has 1 unspecified atom stereocenters. The molecule has 218 valence electrons. The number of amides is 1. The molecule has 0 bridgehead atoms. The second-order valence-corrected chi connectivity index (χ2v) is 14.4. The molecule has 2 heterocycles. The van der Waals surface area contributed by atoms with Crippen molar-refractivity contribution in [1.29, 1.82) is 0 Å². The smallest absolute Gasteiger partial charge is 0.415 e. The van der Waals surface area contributed by atoms with Crippen LogP contribution >= 0.6 is 0 Å². The number of aliphatic carboxylic acids is 1. The van der Waals surface area contributed by atoms with Crippen LogP contribution < -0.4 is 10.0 Å². The first-order valence-corrected chi connectivity index (χ1v) is 16.3. The maximum atomic E-state index is 13.7. The molecule has 1 amide bonds. The normalized spacial score (nSPS) is 25.2. The van der Waals surface area contributed by atoms with E-state index in [0.717, 1.165) is 12.0 Å². The number of allylic oxidation sites excluding steroid dienone is 3. The molecule has 1 aliphatic carbocycles. The monoisotopic (exact) mass is 595 g/mol. The number of rotatable bonds is 9. The van der Waals surface area contributed by atoms with Gasteiger partial charge in [0.2, 0.25) is 10.0 Å². The minimum Gasteiger partial charge on any atom is -0.480 e. The van der Waals surface area contributed by atoms with Crippen LogP contribution in [0.15, 0.2) is 53.1 Å². The predicted octanol–water partition coefficient (Wildman–Crippen LogP) is 1.13. The topological polar surface area (TPSA) is 176 Å². The molecule has 2 fully saturated rings. The molecule has 3 atom stereocenters. The van der Waals surface area contributed by atoms with Crippen LogP contribution in [0.2, 0.25) is 0 Å². The van der Waals surface area contributed by atoms with E-state index in [0.29, 0.717) is 13.0 Å². The minimum absolute atomic E-state index is 0.00928. The average molecular weight is 596 g/mol. The molecule has 0 spiro atoms. The number of carbonyl (C=O) groups excluding carboxylic acids is 2. The maximum Gasteiger partial charge on any atom is 0.415 e. The third-order valence-corrected chi connectivity index (χ3v) is 10.5. The number of sulfonamides is 1. The Kier molecular flexibility index (Phi) is 8.83. The molecule has 3 aliphatic rings. The van der Waals surface area contributed by atoms with Gasteiger partial charge in [0.25, 0.3) is 0 Å². The first kappa shape index (κ1) is 29.9. The zero-order valence-electron chi connectivity index (χ0n) is 22.0. The van der Waals surface area contributed by atoms with Gasteiger partial charge in [-0.1, -0.05) is 23.8 Å². The second kappa shape index (κ2) is 11.8. The lowest BCUT2D eigenvalue weighted by atomic mass is 9.70. The summed E-state index contributed by atoms with van der Waals surface area (Å²) >= 11 is 0. The van der Waals surface area contributed by atoms with E-state index in [1.165, 1.54) is 35.3 Å². The standard InChI is InChI=1S/C26H33N3O9S2/c1-18-4-6-20(7-5-18)40(36,37)28-22(24(31)32)17-26(23(30)21-3-2-12-27-21)10-8-19(9-11-26)38-25(33)29-13-15-39(34,35)16-14-29/h4-10,21-22,27-28H,2-3,11-17H2,1H3,(H,31,32)/t21-,22-,26?/m0/s1. The van der Waals surface area contributed by atoms with Crippen LogP contribution in [0.5, 0.6) is 0 Å². The fourth-order valence-corrected chi connectivity index (χ4v) is 7.39. The molecule has 2 aliphatic heterocycles. The zero-order chi connectivity index (χ0) is 29.1. The quantitative estimate of drug-likeness (QED) is 0.375. The summed E-state index contributed by atoms with van der Waals surface area (Å²) in [6.07, 6.45) is 4.61. The number of nitrogens with one attached hydrogen (secondary N) is 2. The van der Waals surface area contributed by atoms with Crippen LogP contribution in [-0.4, -0.2) is 87.9 Å². The highest BCUT2D eigenvalue weighted by atomic mass is 32.2. The molecule has 4 rings (SSSR count). The number of benzene rings is 1. The van der Waals surface area contributed by atoms with Crippen molar-refractivity contribution in [2.45, 2.75) is 49.6 Å². The SMILES string of the molecule is Cc1ccc(S(=O)(=O)N[C@@H](CC2(C(=O)[C@@H]3CCCN3)C=CC(OC(=O)N3CCS(=O)(=O)CC3)=CC2)C(=O)O)cc1. The van der Waals surface area contributed by atoms with Crippen LogP contribution in [0.1, 0.15) is 31.2 Å². The van der Waals surface area contributed by atoms with Gasteiger partial charge >= 0.3 is 12.1 Å². The van der Waals surface area contributed by atoms with Crippen molar-refractivity contribution in [3.8, 4) is 0 Å². The third kappa shape index (κ3) is 6.97. The average Bonchev–Trinajstić information content (AvgIpc) is 3.44. The highest BCUT2D eigenvalue weighted by Gasteiger charge is 2.45. The van der Waals surface area contributed by atoms with E-state index in [-0.39, 0.29) is 53.9 Å². The van der Waals surface area contributed by atoms with Gasteiger partial charge in [-0.3, -0.25) is 9.59 Å². The van der Waals surface area contributed by atoms with Gasteiger partial charge < -0.3 is 20.1 Å². The van der Waals surface area contributed by atoms with Gasteiger partial charge in [0.1, 0.15) is 11.8 Å². The highest BCUT2D eigenvalue weighted by Crippen LogP contribution is 2.39. The van der Waals surface area contributed by atoms with Gasteiger partial charge in [-0.05, 0) is 63.4 Å². The lowest BCUT2D eigenvalue weighted by Crippen LogP contribution is -2.50. The van der Waals surface area contributed by atoms with Crippen molar-refractivity contribution in [3.05, 3.63) is 53.8 Å². The summed E-state index contributed by atoms with van der Waals surface area (Å²) in [4.78, 5) is 39.7. The Morgan fingerprint density at radius 1 is 1.20 bits per heavy atom. The number of hydrogen-bond donors (Lipinski definition) is 3. The Balaban J connectivity index is 1.53. The molecule has 1 aromatic carbocycles. The Morgan fingerprint density at radius 2 is 1.88 bits per heavy atom. The number of carboxylic acids is 1. The first-order valence-electron chi connectivity index (χ1n) is 13.0. The van der Waals surface area contributed by atoms with Gasteiger partial charge in [-0.2, -0.15) is 4.72 Å². The summed E-state index contributed by atoms with van der Waals surface area (Å²) in [6.45, 7) is 2.44. The summed E-state index contributed by atoms with van der Waals surface area (Å²) in [7, 11) is -7.39. The predicted molar refractivity (Wildman–Crippen MR) is 145 cm³/mol. The van der Waals surface area contributed by atoms with E-state index < -0.39 is 49.4 Å². The second-order valence-electron chi connectivity index (χ2n) is 10.3. The summed E-state index contributed by atoms with van der Waals surface area (Å²) in [5.74, 6) is -1.88. The fraction of sp³-hybridized carbons (Fsp3) is 0.500. The highest BCUT2D eigenvalue weighted by molar-refractivity contribution is 7.91. The number of aryl methyl sites for hydroxylation is 1. The van der Waals surface area contributed by atoms with Crippen molar-refractivity contribution in [3.63, 3.8) is 0 Å². The lowest BCUT2D eigenvalue weighted by molar-refractivity contribution is -0.140. The minimum atomic E-state index is -4.21. The molecule has 0 aromatic heterocycles. The Labute approximate surface area is 233 Å². The summed E-state index contributed by atoms with van der Waals surface area (Å²) < 4.78 is 56.9. The molecule has 12 nitrogen and oxygen atoms in total. The number of ether oxygens (including phenoxy) is 1. The van der Waals surface area contributed by atoms with Crippen LogP contribution in [-0.2, 0) is 34.2 Å². The first-order chi connectivity index (χ1) is 18.8. The molecule has 0 radical (unpaired) electrons. The number of Topliss-reactive ketones (excluding diaryl/α,β-unsaturated/α-hetero) is 1. The number of hydrogen-bond acceptors (Lipinski definition) is 9. The summed E-state index contributed by atoms with van der Waals surface area (Å²) in [5.41, 5.74) is -0.543. The molecule has 1 aromatic rings. The Bertz CT molecular complexity index is 1420. The summed E-state index contributed by atoms with van der Waals surface area (Å²) in [5, 5.41) is 13.1. The van der Waals surface area contributed by atoms with Crippen LogP contribution in [0.3, 0.4) is 0 Å². The van der Waals surface area contributed by atoms with E-state index in [1.807, 2.05) is 0 Å². The molecule has 3 N–H and O–H groups in total. The van der Waals surface area contributed by atoms with Crippen LogP contribution in [0, 0.1) is 12.3 Å². The molecule has 2 saturated heterocycles. The van der Waals surface area contributed by atoms with Crippen molar-refractivity contribution >= 4 is 37.7 Å². The number of nitrogens with zero attached hydrogens (tertiary/aromatic N) is 1. The fourth-order valence-electron chi connectivity index (χ4n) is 5.00. The van der Waals surface area contributed by atoms with Crippen LogP contribution in [0.25, 0.3) is 0 Å². The molecule has 40 heavy (non-hydrogen) atoms. The zero-order valence-corrected chi connectivity index (χ0v) is 23.7. The van der Waals surface area contributed by atoms with Gasteiger partial charge in [-0.25, -0.2) is 21.6 Å². The number of ketones is 1. The van der Waals surface area contributed by atoms with Gasteiger partial charge in [-0.15, -0.1) is 0 Å². The van der Waals surface area contributed by atoms with Crippen molar-refractivity contribution in [2.24, 2.45) is 5.41 Å². The van der Waals surface area contributed by atoms with Crippen molar-refractivity contribution in [1.82, 2.24) is 14.9 Å². The Morgan fingerprint density at radius 3 is 2.42 bits per heavy atom. The van der Waals surface area contributed by atoms with Gasteiger partial charge in [0.15, 0.2) is 15.6 Å². The van der Waals surface area contributed by atoms with E-state index in [2.05, 4.69) is 10.0 Å². The number of sulfone groups is 1. The maximum absolute atomic E-state index is 13.7. The van der Waals surface area contributed by atoms with Crippen molar-refractivity contribution < 1.29 is 41.1 Å². The molecule has 14 heteroatoms. The van der Waals surface area contributed by atoms with E-state index in [9.17, 15) is 36.3 Å². The molecular formula is C26H33N3O9S2. The number of carboxylic acid groups (broad SMARTS) is 1.